The van der Waals surface area contributed by atoms with Gasteiger partial charge in [-0.15, -0.1) is 0 Å². The van der Waals surface area contributed by atoms with Gasteiger partial charge in [0, 0.05) is 12.5 Å². The minimum Gasteiger partial charge on any atom is -0.388 e. The molecule has 5 nitrogen and oxygen atoms in total. The van der Waals surface area contributed by atoms with Crippen LogP contribution in [-0.4, -0.2) is 23.9 Å². The number of esters is 2. The van der Waals surface area contributed by atoms with Gasteiger partial charge >= 0.3 is 11.9 Å². The number of benzene rings is 1. The maximum atomic E-state index is 12.1. The van der Waals surface area contributed by atoms with Crippen LogP contribution in [0.5, 0.6) is 0 Å². The molecule has 116 valence electrons. The van der Waals surface area contributed by atoms with Crippen LogP contribution >= 0.6 is 0 Å². The van der Waals surface area contributed by atoms with Gasteiger partial charge in [-0.1, -0.05) is 42.5 Å². The molecule has 0 aliphatic rings. The molecule has 22 heavy (non-hydrogen) atoms. The van der Waals surface area contributed by atoms with E-state index in [1.54, 1.807) is 19.9 Å². The summed E-state index contributed by atoms with van der Waals surface area (Å²) in [5.41, 5.74) is 0.851. The van der Waals surface area contributed by atoms with Crippen LogP contribution in [0.2, 0.25) is 0 Å². The average molecular weight is 301 g/mol. The Labute approximate surface area is 129 Å². The third kappa shape index (κ3) is 6.17. The predicted molar refractivity (Wildman–Crippen MR) is 82.8 cm³/mol. The first-order valence-corrected chi connectivity index (χ1v) is 6.92. The first-order valence-electron chi connectivity index (χ1n) is 6.92. The molecular formula is C17H19NO4. The summed E-state index contributed by atoms with van der Waals surface area (Å²) >= 11 is 0. The third-order valence-electron chi connectivity index (χ3n) is 2.71. The van der Waals surface area contributed by atoms with E-state index in [0.29, 0.717) is 0 Å². The first-order chi connectivity index (χ1) is 10.6. The number of allylic oxidation sites excluding steroid dienone is 2. The zero-order valence-corrected chi connectivity index (χ0v) is 12.6. The molecule has 1 N–H and O–H groups in total. The fourth-order valence-electron chi connectivity index (χ4n) is 1.75. The van der Waals surface area contributed by atoms with Gasteiger partial charge in [0.1, 0.15) is 6.04 Å². The number of carbonyl (C=O) groups is 3. The highest BCUT2D eigenvalue weighted by atomic mass is 16.6. The summed E-state index contributed by atoms with van der Waals surface area (Å²) in [6, 6.07) is 8.24. The van der Waals surface area contributed by atoms with E-state index >= 15 is 0 Å². The van der Waals surface area contributed by atoms with E-state index in [2.05, 4.69) is 5.32 Å². The fourth-order valence-corrected chi connectivity index (χ4v) is 1.75. The van der Waals surface area contributed by atoms with Crippen LogP contribution in [0.25, 0.3) is 0 Å². The van der Waals surface area contributed by atoms with Crippen molar-refractivity contribution < 1.29 is 19.1 Å². The Kier molecular flexibility index (Phi) is 7.33. The van der Waals surface area contributed by atoms with Gasteiger partial charge in [-0.3, -0.25) is 4.79 Å². The molecule has 0 aromatic heterocycles. The summed E-state index contributed by atoms with van der Waals surface area (Å²) < 4.78 is 4.70. The molecule has 1 amide bonds. The van der Waals surface area contributed by atoms with Gasteiger partial charge in [-0.05, 0) is 25.5 Å². The van der Waals surface area contributed by atoms with Gasteiger partial charge in [-0.2, -0.15) is 0 Å². The number of hydrogen-bond acceptors (Lipinski definition) is 4. The van der Waals surface area contributed by atoms with Crippen LogP contribution in [0.1, 0.15) is 19.4 Å². The molecule has 5 heteroatoms. The maximum Gasteiger partial charge on any atom is 0.338 e. The number of amides is 1. The Bertz CT molecular complexity index is 576. The highest BCUT2D eigenvalue weighted by molar-refractivity contribution is 5.97. The molecule has 1 rings (SSSR count). The van der Waals surface area contributed by atoms with E-state index in [9.17, 15) is 14.4 Å². The summed E-state index contributed by atoms with van der Waals surface area (Å²) in [4.78, 5) is 35.1. The van der Waals surface area contributed by atoms with Gasteiger partial charge in [-0.25, -0.2) is 9.59 Å². The molecule has 0 spiro atoms. The minimum atomic E-state index is -0.930. The Morgan fingerprint density at radius 2 is 1.73 bits per heavy atom. The predicted octanol–water partition coefficient (Wildman–Crippen LogP) is 1.94. The Morgan fingerprint density at radius 3 is 2.32 bits per heavy atom. The molecule has 0 fully saturated rings. The second kappa shape index (κ2) is 9.28. The van der Waals surface area contributed by atoms with Crippen LogP contribution in [0.3, 0.4) is 0 Å². The van der Waals surface area contributed by atoms with Crippen molar-refractivity contribution >= 4 is 17.8 Å². The summed E-state index contributed by atoms with van der Waals surface area (Å²) in [6.07, 6.45) is 5.72. The van der Waals surface area contributed by atoms with Gasteiger partial charge in [0.2, 0.25) is 5.91 Å². The van der Waals surface area contributed by atoms with Crippen molar-refractivity contribution in [1.29, 1.82) is 0 Å². The number of ether oxygens (including phenoxy) is 1. The molecule has 0 aliphatic heterocycles. The van der Waals surface area contributed by atoms with Gasteiger partial charge in [0.05, 0.1) is 0 Å². The molecule has 1 aromatic rings. The van der Waals surface area contributed by atoms with Crippen LogP contribution in [0, 0.1) is 0 Å². The van der Waals surface area contributed by atoms with Crippen molar-refractivity contribution in [2.75, 3.05) is 0 Å². The Hall–Kier alpha value is -2.69. The highest BCUT2D eigenvalue weighted by Gasteiger charge is 2.23. The van der Waals surface area contributed by atoms with Crippen molar-refractivity contribution in [2.24, 2.45) is 0 Å². The second-order valence-corrected chi connectivity index (χ2v) is 4.49. The quantitative estimate of drug-likeness (QED) is 0.495. The van der Waals surface area contributed by atoms with Crippen molar-refractivity contribution in [3.8, 4) is 0 Å². The highest BCUT2D eigenvalue weighted by Crippen LogP contribution is 2.05. The standard InChI is InChI=1S/C17H19NO4/c1-3-8-15(19)18-14(12-13-10-6-5-7-11-13)17(21)22-16(20)9-4-2/h3-11,14H,12H2,1-2H3,(H,18,19)/t14-/m0/s1. The van der Waals surface area contributed by atoms with E-state index < -0.39 is 23.9 Å². The van der Waals surface area contributed by atoms with E-state index in [-0.39, 0.29) is 6.42 Å². The molecule has 0 radical (unpaired) electrons. The lowest BCUT2D eigenvalue weighted by Gasteiger charge is -2.15. The van der Waals surface area contributed by atoms with E-state index in [0.717, 1.165) is 11.6 Å². The molecular weight excluding hydrogens is 282 g/mol. The Morgan fingerprint density at radius 1 is 1.09 bits per heavy atom. The number of carbonyl (C=O) groups excluding carboxylic acids is 3. The molecule has 0 bridgehead atoms. The van der Waals surface area contributed by atoms with Crippen LogP contribution < -0.4 is 5.32 Å². The third-order valence-corrected chi connectivity index (χ3v) is 2.71. The summed E-state index contributed by atoms with van der Waals surface area (Å²) in [7, 11) is 0. The van der Waals surface area contributed by atoms with E-state index in [4.69, 9.17) is 4.74 Å². The molecule has 0 saturated heterocycles. The van der Waals surface area contributed by atoms with Crippen LogP contribution in [0.4, 0.5) is 0 Å². The molecule has 1 atom stereocenters. The minimum absolute atomic E-state index is 0.242. The fraction of sp³-hybridized carbons (Fsp3) is 0.235. The zero-order valence-electron chi connectivity index (χ0n) is 12.6. The van der Waals surface area contributed by atoms with E-state index in [1.165, 1.54) is 12.2 Å². The van der Waals surface area contributed by atoms with Crippen molar-refractivity contribution in [3.05, 3.63) is 60.2 Å². The molecule has 0 heterocycles. The van der Waals surface area contributed by atoms with Gasteiger partial charge < -0.3 is 10.1 Å². The van der Waals surface area contributed by atoms with Crippen molar-refractivity contribution in [1.82, 2.24) is 5.32 Å². The molecule has 0 aliphatic carbocycles. The number of hydrogen-bond donors (Lipinski definition) is 1. The van der Waals surface area contributed by atoms with Crippen molar-refractivity contribution in [2.45, 2.75) is 26.3 Å². The van der Waals surface area contributed by atoms with Gasteiger partial charge in [0.15, 0.2) is 0 Å². The summed E-state index contributed by atoms with van der Waals surface area (Å²) in [6.45, 7) is 3.33. The van der Waals surface area contributed by atoms with E-state index in [1.807, 2.05) is 30.3 Å². The Balaban J connectivity index is 2.83. The van der Waals surface area contributed by atoms with Crippen LogP contribution in [0.15, 0.2) is 54.6 Å². The molecule has 0 unspecified atom stereocenters. The normalized spacial score (nSPS) is 12.3. The lowest BCUT2D eigenvalue weighted by atomic mass is 10.1. The first kappa shape index (κ1) is 17.4. The smallest absolute Gasteiger partial charge is 0.338 e. The summed E-state index contributed by atoms with van der Waals surface area (Å²) in [5.74, 6) is -1.96. The van der Waals surface area contributed by atoms with Crippen LogP contribution in [-0.2, 0) is 25.5 Å². The lowest BCUT2D eigenvalue weighted by Crippen LogP contribution is -2.43. The largest absolute Gasteiger partial charge is 0.388 e. The SMILES string of the molecule is CC=CC(=O)N[C@@H](Cc1ccccc1)C(=O)OC(=O)C=CC. The molecule has 0 saturated carbocycles. The molecule has 1 aromatic carbocycles. The van der Waals surface area contributed by atoms with Gasteiger partial charge in [0.25, 0.3) is 0 Å². The average Bonchev–Trinajstić information content (AvgIpc) is 2.48. The maximum absolute atomic E-state index is 12.1. The topological polar surface area (TPSA) is 72.5 Å². The zero-order chi connectivity index (χ0) is 16.4. The number of nitrogens with one attached hydrogen (secondary N) is 1. The monoisotopic (exact) mass is 301 g/mol. The number of rotatable bonds is 6. The lowest BCUT2D eigenvalue weighted by molar-refractivity contribution is -0.158. The summed E-state index contributed by atoms with van der Waals surface area (Å²) in [5, 5.41) is 2.54. The second-order valence-electron chi connectivity index (χ2n) is 4.49. The van der Waals surface area contributed by atoms with Crippen molar-refractivity contribution in [3.63, 3.8) is 0 Å².